The van der Waals surface area contributed by atoms with Gasteiger partial charge in [0.1, 0.15) is 10.5 Å². The first-order valence-electron chi connectivity index (χ1n) is 9.04. The summed E-state index contributed by atoms with van der Waals surface area (Å²) in [5.41, 5.74) is 9.26. The van der Waals surface area contributed by atoms with E-state index < -0.39 is 5.92 Å². The van der Waals surface area contributed by atoms with Gasteiger partial charge in [0.25, 0.3) is 5.56 Å². The summed E-state index contributed by atoms with van der Waals surface area (Å²) in [6.07, 6.45) is 1.78. The molecule has 1 aromatic heterocycles. The van der Waals surface area contributed by atoms with Crippen molar-refractivity contribution in [3.05, 3.63) is 94.8 Å². The highest BCUT2D eigenvalue weighted by Crippen LogP contribution is 2.35. The second-order valence-electron chi connectivity index (χ2n) is 6.89. The number of nitrogens with two attached hydrogens (primary N) is 1. The van der Waals surface area contributed by atoms with Crippen LogP contribution in [0.1, 0.15) is 22.6 Å². The Morgan fingerprint density at radius 2 is 1.70 bits per heavy atom. The van der Waals surface area contributed by atoms with Gasteiger partial charge in [-0.05, 0) is 36.3 Å². The highest BCUT2D eigenvalue weighted by molar-refractivity contribution is 9.10. The Morgan fingerprint density at radius 3 is 2.30 bits per heavy atom. The van der Waals surface area contributed by atoms with E-state index in [1.54, 1.807) is 6.08 Å². The molecule has 0 spiro atoms. The van der Waals surface area contributed by atoms with Crippen LogP contribution in [-0.4, -0.2) is 4.57 Å². The number of nitriles is 2. The molecule has 1 atom stereocenters. The number of aromatic nitrogens is 1. The number of rotatable bonds is 2. The number of thiazole rings is 1. The zero-order valence-corrected chi connectivity index (χ0v) is 18.3. The number of aryl methyl sites for hydroxylation is 1. The van der Waals surface area contributed by atoms with Crippen molar-refractivity contribution in [2.45, 2.75) is 12.8 Å². The van der Waals surface area contributed by atoms with Gasteiger partial charge in [-0.2, -0.15) is 10.5 Å². The number of allylic oxidation sites excluding steroid dienone is 1. The maximum absolute atomic E-state index is 13.1. The van der Waals surface area contributed by atoms with Gasteiger partial charge in [-0.3, -0.25) is 9.36 Å². The van der Waals surface area contributed by atoms with E-state index in [9.17, 15) is 15.3 Å². The van der Waals surface area contributed by atoms with E-state index in [2.05, 4.69) is 28.1 Å². The second-order valence-corrected chi connectivity index (χ2v) is 8.83. The Hall–Kier alpha value is -3.39. The van der Waals surface area contributed by atoms with Crippen molar-refractivity contribution in [2.24, 2.45) is 5.73 Å². The molecule has 0 amide bonds. The summed E-state index contributed by atoms with van der Waals surface area (Å²) < 4.78 is 3.10. The van der Waals surface area contributed by atoms with Crippen molar-refractivity contribution in [3.63, 3.8) is 0 Å². The van der Waals surface area contributed by atoms with Crippen molar-refractivity contribution >= 4 is 44.7 Å². The van der Waals surface area contributed by atoms with Crippen LogP contribution in [0.15, 0.2) is 63.4 Å². The second kappa shape index (κ2) is 7.79. The van der Waals surface area contributed by atoms with Gasteiger partial charge in [0.05, 0.1) is 33.7 Å². The third kappa shape index (κ3) is 3.29. The van der Waals surface area contributed by atoms with Gasteiger partial charge in [0.15, 0.2) is 0 Å². The molecule has 2 heterocycles. The average Bonchev–Trinajstić information content (AvgIpc) is 3.06. The summed E-state index contributed by atoms with van der Waals surface area (Å²) in [5, 5.41) is 19.8. The Kier molecular flexibility index (Phi) is 5.17. The van der Waals surface area contributed by atoms with Crippen LogP contribution in [0.2, 0.25) is 0 Å². The molecule has 0 radical (unpaired) electrons. The fraction of sp³-hybridized carbons (Fsp3) is 0.0870. The van der Waals surface area contributed by atoms with E-state index in [0.29, 0.717) is 14.8 Å². The molecule has 0 bridgehead atoms. The standard InChI is InChI=1S/C23H15BrN4OS/c1-13-2-4-14(5-3-13)10-19-22(29)28-21(27)17(11-25)20(18(12-26)23(28)30-19)15-6-8-16(24)9-7-15/h2-10,20H,27H2,1H3/b19-10-. The lowest BCUT2D eigenvalue weighted by Gasteiger charge is -2.22. The summed E-state index contributed by atoms with van der Waals surface area (Å²) in [6, 6.07) is 19.5. The molecule has 5 nitrogen and oxygen atoms in total. The number of nitrogens with zero attached hydrogens (tertiary/aromatic N) is 3. The Labute approximate surface area is 185 Å². The van der Waals surface area contributed by atoms with Gasteiger partial charge < -0.3 is 5.73 Å². The molecule has 2 aromatic carbocycles. The van der Waals surface area contributed by atoms with Crippen LogP contribution in [0.25, 0.3) is 17.5 Å². The third-order valence-corrected chi connectivity index (χ3v) is 6.60. The highest BCUT2D eigenvalue weighted by atomic mass is 79.9. The molecule has 4 rings (SSSR count). The fourth-order valence-corrected chi connectivity index (χ4v) is 4.85. The molecule has 1 aliphatic rings. The minimum absolute atomic E-state index is 0.0734. The monoisotopic (exact) mass is 474 g/mol. The van der Waals surface area contributed by atoms with Crippen LogP contribution in [0.4, 0.5) is 0 Å². The number of fused-ring (bicyclic) bond motifs is 1. The Balaban J connectivity index is 2.04. The molecule has 7 heteroatoms. The zero-order valence-electron chi connectivity index (χ0n) is 15.9. The normalized spacial score (nSPS) is 16.2. The maximum Gasteiger partial charge on any atom is 0.274 e. The molecule has 0 aliphatic carbocycles. The molecule has 1 unspecified atom stereocenters. The minimum atomic E-state index is -0.613. The molecular weight excluding hydrogens is 460 g/mol. The van der Waals surface area contributed by atoms with Crippen molar-refractivity contribution < 1.29 is 0 Å². The van der Waals surface area contributed by atoms with Crippen molar-refractivity contribution in [3.8, 4) is 12.1 Å². The van der Waals surface area contributed by atoms with Gasteiger partial charge in [0.2, 0.25) is 0 Å². The average molecular weight is 475 g/mol. The van der Waals surface area contributed by atoms with Gasteiger partial charge in [-0.25, -0.2) is 0 Å². The zero-order chi connectivity index (χ0) is 21.4. The number of hydrogen-bond donors (Lipinski definition) is 1. The van der Waals surface area contributed by atoms with Crippen LogP contribution in [0.3, 0.4) is 0 Å². The van der Waals surface area contributed by atoms with Crippen LogP contribution < -0.4 is 20.5 Å². The van der Waals surface area contributed by atoms with Crippen LogP contribution in [0.5, 0.6) is 0 Å². The Bertz CT molecular complexity index is 1450. The first kappa shape index (κ1) is 19.9. The first-order chi connectivity index (χ1) is 14.4. The van der Waals surface area contributed by atoms with Gasteiger partial charge in [-0.1, -0.05) is 57.9 Å². The summed E-state index contributed by atoms with van der Waals surface area (Å²) >= 11 is 4.61. The summed E-state index contributed by atoms with van der Waals surface area (Å²) in [4.78, 5) is 13.1. The summed E-state index contributed by atoms with van der Waals surface area (Å²) in [5.74, 6) is -0.539. The van der Waals surface area contributed by atoms with Crippen molar-refractivity contribution in [1.82, 2.24) is 4.57 Å². The van der Waals surface area contributed by atoms with E-state index in [1.807, 2.05) is 55.5 Å². The Morgan fingerprint density at radius 1 is 1.07 bits per heavy atom. The predicted octanol–water partition coefficient (Wildman–Crippen LogP) is 2.93. The lowest BCUT2D eigenvalue weighted by atomic mass is 9.84. The largest absolute Gasteiger partial charge is 0.384 e. The topological polar surface area (TPSA) is 95.6 Å². The van der Waals surface area contributed by atoms with Gasteiger partial charge >= 0.3 is 0 Å². The van der Waals surface area contributed by atoms with E-state index in [0.717, 1.165) is 21.2 Å². The van der Waals surface area contributed by atoms with Crippen molar-refractivity contribution in [1.29, 1.82) is 10.5 Å². The SMILES string of the molecule is Cc1ccc(/C=c2\sc3n(c2=O)C(N)=C(C#N)C(c2ccc(Br)cc2)C=3C#N)cc1. The summed E-state index contributed by atoms with van der Waals surface area (Å²) in [7, 11) is 0. The number of benzene rings is 2. The highest BCUT2D eigenvalue weighted by Gasteiger charge is 2.32. The predicted molar refractivity (Wildman–Crippen MR) is 121 cm³/mol. The van der Waals surface area contributed by atoms with Crippen LogP contribution in [-0.2, 0) is 0 Å². The minimum Gasteiger partial charge on any atom is -0.384 e. The molecule has 2 N–H and O–H groups in total. The molecule has 0 saturated heterocycles. The number of halogens is 1. The number of hydrogen-bond acceptors (Lipinski definition) is 5. The smallest absolute Gasteiger partial charge is 0.274 e. The van der Waals surface area contributed by atoms with E-state index >= 15 is 0 Å². The van der Waals surface area contributed by atoms with Gasteiger partial charge in [0, 0.05) is 4.47 Å². The molecule has 146 valence electrons. The van der Waals surface area contributed by atoms with E-state index in [4.69, 9.17) is 5.73 Å². The molecule has 0 fully saturated rings. The molecule has 1 aliphatic heterocycles. The quantitative estimate of drug-likeness (QED) is 0.617. The molecule has 0 saturated carbocycles. The van der Waals surface area contributed by atoms with Gasteiger partial charge in [-0.15, -0.1) is 11.3 Å². The fourth-order valence-electron chi connectivity index (χ4n) is 3.45. The third-order valence-electron chi connectivity index (χ3n) is 4.97. The lowest BCUT2D eigenvalue weighted by molar-refractivity contribution is 0.906. The van der Waals surface area contributed by atoms with Crippen LogP contribution in [0, 0.1) is 29.6 Å². The van der Waals surface area contributed by atoms with E-state index in [-0.39, 0.29) is 17.0 Å². The maximum atomic E-state index is 13.1. The van der Waals surface area contributed by atoms with E-state index in [1.165, 1.54) is 15.9 Å². The van der Waals surface area contributed by atoms with Crippen LogP contribution >= 0.6 is 27.3 Å². The van der Waals surface area contributed by atoms with Crippen molar-refractivity contribution in [2.75, 3.05) is 0 Å². The molecular formula is C23H15BrN4OS. The molecule has 3 aromatic rings. The first-order valence-corrected chi connectivity index (χ1v) is 10.7. The lowest BCUT2D eigenvalue weighted by Crippen LogP contribution is -2.38. The summed E-state index contributed by atoms with van der Waals surface area (Å²) in [6.45, 7) is 1.99. The molecule has 30 heavy (non-hydrogen) atoms.